The number of amides is 1. The summed E-state index contributed by atoms with van der Waals surface area (Å²) in [5.74, 6) is 0.785. The fourth-order valence-corrected chi connectivity index (χ4v) is 3.58. The first-order valence-electron chi connectivity index (χ1n) is 8.44. The molecule has 1 amide bonds. The lowest BCUT2D eigenvalue weighted by molar-refractivity contribution is -0.139. The smallest absolute Gasteiger partial charge is 0.242 e. The maximum atomic E-state index is 12.7. The molecular formula is C18H26N2O2. The van der Waals surface area contributed by atoms with E-state index in [0.29, 0.717) is 12.5 Å². The Hall–Kier alpha value is -1.39. The minimum Gasteiger partial charge on any atom is -0.375 e. The Kier molecular flexibility index (Phi) is 5.11. The number of carbonyl (C=O) groups excluding carboxylic acids is 1. The van der Waals surface area contributed by atoms with Crippen molar-refractivity contribution in [2.45, 2.75) is 44.2 Å². The summed E-state index contributed by atoms with van der Waals surface area (Å²) in [6.07, 6.45) is 3.26. The van der Waals surface area contributed by atoms with Crippen molar-refractivity contribution in [1.29, 1.82) is 0 Å². The molecule has 4 nitrogen and oxygen atoms in total. The molecule has 0 bridgehead atoms. The average molecular weight is 302 g/mol. The zero-order chi connectivity index (χ0) is 15.4. The Morgan fingerprint density at radius 2 is 2.05 bits per heavy atom. The largest absolute Gasteiger partial charge is 0.375 e. The maximum absolute atomic E-state index is 12.7. The van der Waals surface area contributed by atoms with Gasteiger partial charge in [0, 0.05) is 19.6 Å². The lowest BCUT2D eigenvalue weighted by Gasteiger charge is -2.33. The third-order valence-corrected chi connectivity index (χ3v) is 4.89. The summed E-state index contributed by atoms with van der Waals surface area (Å²) in [5.41, 5.74) is 1.41. The minimum absolute atomic E-state index is 0.0329. The highest BCUT2D eigenvalue weighted by Gasteiger charge is 2.32. The highest BCUT2D eigenvalue weighted by molar-refractivity contribution is 5.82. The minimum atomic E-state index is -0.179. The number of morpholine rings is 1. The molecule has 0 spiro atoms. The van der Waals surface area contributed by atoms with E-state index in [2.05, 4.69) is 35.6 Å². The second kappa shape index (κ2) is 7.25. The van der Waals surface area contributed by atoms with Crippen molar-refractivity contribution in [2.75, 3.05) is 26.2 Å². The van der Waals surface area contributed by atoms with E-state index in [1.54, 1.807) is 0 Å². The van der Waals surface area contributed by atoms with Crippen LogP contribution in [0.5, 0.6) is 0 Å². The van der Waals surface area contributed by atoms with E-state index >= 15 is 0 Å². The first-order valence-corrected chi connectivity index (χ1v) is 8.44. The standard InChI is InChI=1S/C18H26N2O2/c1-14-17(19-10-13-22-14)18(21)20-11-5-8-16(9-12-20)15-6-3-2-4-7-15/h2-4,6-7,14,16-17,19H,5,8-13H2,1H3/t14-,16?,17+/m1/s1. The number of hydrogen-bond acceptors (Lipinski definition) is 3. The topological polar surface area (TPSA) is 41.6 Å². The number of likely N-dealkylation sites (tertiary alicyclic amines) is 1. The van der Waals surface area contributed by atoms with Crippen LogP contribution in [0, 0.1) is 0 Å². The fraction of sp³-hybridized carbons (Fsp3) is 0.611. The molecule has 2 aliphatic rings. The number of benzene rings is 1. The molecule has 2 aliphatic heterocycles. The van der Waals surface area contributed by atoms with E-state index in [1.165, 1.54) is 5.56 Å². The van der Waals surface area contributed by atoms with Crippen molar-refractivity contribution in [3.05, 3.63) is 35.9 Å². The molecule has 0 aliphatic carbocycles. The van der Waals surface area contributed by atoms with Gasteiger partial charge < -0.3 is 15.0 Å². The van der Waals surface area contributed by atoms with Crippen LogP contribution in [0.15, 0.2) is 30.3 Å². The number of hydrogen-bond donors (Lipinski definition) is 1. The Labute approximate surface area is 132 Å². The average Bonchev–Trinajstić information content (AvgIpc) is 2.81. The Morgan fingerprint density at radius 1 is 1.23 bits per heavy atom. The Morgan fingerprint density at radius 3 is 2.82 bits per heavy atom. The molecule has 2 saturated heterocycles. The molecule has 0 aromatic heterocycles. The fourth-order valence-electron chi connectivity index (χ4n) is 3.58. The molecule has 2 heterocycles. The SMILES string of the molecule is C[C@H]1OCCN[C@@H]1C(=O)N1CCCC(c2ccccc2)CC1. The van der Waals surface area contributed by atoms with Gasteiger partial charge in [-0.05, 0) is 37.7 Å². The Balaban J connectivity index is 1.61. The van der Waals surface area contributed by atoms with Gasteiger partial charge in [0.2, 0.25) is 5.91 Å². The van der Waals surface area contributed by atoms with E-state index in [1.807, 2.05) is 11.8 Å². The third-order valence-electron chi connectivity index (χ3n) is 4.89. The van der Waals surface area contributed by atoms with E-state index < -0.39 is 0 Å². The molecule has 1 N–H and O–H groups in total. The van der Waals surface area contributed by atoms with Crippen molar-refractivity contribution in [3.63, 3.8) is 0 Å². The van der Waals surface area contributed by atoms with Gasteiger partial charge in [-0.1, -0.05) is 30.3 Å². The van der Waals surface area contributed by atoms with Crippen LogP contribution in [0.25, 0.3) is 0 Å². The van der Waals surface area contributed by atoms with Gasteiger partial charge in [0.25, 0.3) is 0 Å². The van der Waals surface area contributed by atoms with Crippen molar-refractivity contribution in [1.82, 2.24) is 10.2 Å². The summed E-state index contributed by atoms with van der Waals surface area (Å²) >= 11 is 0. The van der Waals surface area contributed by atoms with Gasteiger partial charge in [0.15, 0.2) is 0 Å². The van der Waals surface area contributed by atoms with Gasteiger partial charge in [-0.15, -0.1) is 0 Å². The maximum Gasteiger partial charge on any atom is 0.242 e. The van der Waals surface area contributed by atoms with Crippen LogP contribution in [0.3, 0.4) is 0 Å². The lowest BCUT2D eigenvalue weighted by Crippen LogP contribution is -2.56. The monoisotopic (exact) mass is 302 g/mol. The van der Waals surface area contributed by atoms with Crippen molar-refractivity contribution < 1.29 is 9.53 Å². The molecule has 22 heavy (non-hydrogen) atoms. The van der Waals surface area contributed by atoms with Gasteiger partial charge in [-0.25, -0.2) is 0 Å². The van der Waals surface area contributed by atoms with Crippen LogP contribution in [0.4, 0.5) is 0 Å². The second-order valence-corrected chi connectivity index (χ2v) is 6.37. The number of nitrogens with zero attached hydrogens (tertiary/aromatic N) is 1. The third kappa shape index (κ3) is 3.50. The summed E-state index contributed by atoms with van der Waals surface area (Å²) in [7, 11) is 0. The molecule has 1 unspecified atom stereocenters. The predicted octanol–water partition coefficient (Wildman–Crippen LogP) is 2.16. The van der Waals surface area contributed by atoms with Crippen LogP contribution in [0.1, 0.15) is 37.7 Å². The molecule has 2 fully saturated rings. The number of rotatable bonds is 2. The Bertz CT molecular complexity index is 491. The second-order valence-electron chi connectivity index (χ2n) is 6.37. The van der Waals surface area contributed by atoms with Crippen molar-refractivity contribution in [2.24, 2.45) is 0 Å². The van der Waals surface area contributed by atoms with E-state index in [-0.39, 0.29) is 18.1 Å². The normalized spacial score (nSPS) is 29.9. The number of ether oxygens (including phenoxy) is 1. The molecule has 1 aromatic carbocycles. The number of nitrogens with one attached hydrogen (secondary N) is 1. The first-order chi connectivity index (χ1) is 10.8. The lowest BCUT2D eigenvalue weighted by atomic mass is 9.92. The number of carbonyl (C=O) groups is 1. The molecule has 0 radical (unpaired) electrons. The molecule has 120 valence electrons. The van der Waals surface area contributed by atoms with Gasteiger partial charge in [0.05, 0.1) is 12.7 Å². The van der Waals surface area contributed by atoms with Gasteiger partial charge >= 0.3 is 0 Å². The van der Waals surface area contributed by atoms with Gasteiger partial charge in [-0.2, -0.15) is 0 Å². The molecule has 3 rings (SSSR count). The van der Waals surface area contributed by atoms with Crippen molar-refractivity contribution >= 4 is 5.91 Å². The predicted molar refractivity (Wildman–Crippen MR) is 86.8 cm³/mol. The highest BCUT2D eigenvalue weighted by Crippen LogP contribution is 2.28. The summed E-state index contributed by atoms with van der Waals surface area (Å²) in [4.78, 5) is 14.8. The summed E-state index contributed by atoms with van der Waals surface area (Å²) in [5, 5.41) is 3.31. The zero-order valence-corrected chi connectivity index (χ0v) is 13.3. The van der Waals surface area contributed by atoms with Crippen LogP contribution < -0.4 is 5.32 Å². The summed E-state index contributed by atoms with van der Waals surface area (Å²) < 4.78 is 5.61. The quantitative estimate of drug-likeness (QED) is 0.910. The van der Waals surface area contributed by atoms with E-state index in [0.717, 1.165) is 38.9 Å². The molecule has 4 heteroatoms. The highest BCUT2D eigenvalue weighted by atomic mass is 16.5. The molecular weight excluding hydrogens is 276 g/mol. The van der Waals surface area contributed by atoms with Crippen LogP contribution in [0.2, 0.25) is 0 Å². The molecule has 3 atom stereocenters. The van der Waals surface area contributed by atoms with E-state index in [9.17, 15) is 4.79 Å². The van der Waals surface area contributed by atoms with Crippen LogP contribution in [-0.4, -0.2) is 49.2 Å². The molecule has 0 saturated carbocycles. The van der Waals surface area contributed by atoms with Crippen LogP contribution in [-0.2, 0) is 9.53 Å². The van der Waals surface area contributed by atoms with Crippen LogP contribution >= 0.6 is 0 Å². The van der Waals surface area contributed by atoms with Gasteiger partial charge in [0.1, 0.15) is 6.04 Å². The zero-order valence-electron chi connectivity index (χ0n) is 13.3. The summed E-state index contributed by atoms with van der Waals surface area (Å²) in [6, 6.07) is 10.5. The van der Waals surface area contributed by atoms with E-state index in [4.69, 9.17) is 4.74 Å². The summed E-state index contributed by atoms with van der Waals surface area (Å²) in [6.45, 7) is 5.16. The van der Waals surface area contributed by atoms with Crippen molar-refractivity contribution in [3.8, 4) is 0 Å². The first kappa shape index (κ1) is 15.5. The van der Waals surface area contributed by atoms with Gasteiger partial charge in [-0.3, -0.25) is 4.79 Å². The molecule has 1 aromatic rings.